The van der Waals surface area contributed by atoms with Gasteiger partial charge in [-0.15, -0.1) is 0 Å². The Morgan fingerprint density at radius 2 is 1.63 bits per heavy atom. The van der Waals surface area contributed by atoms with Crippen molar-refractivity contribution in [1.82, 2.24) is 4.90 Å². The van der Waals surface area contributed by atoms with E-state index in [0.717, 1.165) is 29.9 Å². The Kier molecular flexibility index (Phi) is 6.44. The van der Waals surface area contributed by atoms with Crippen molar-refractivity contribution in [3.8, 4) is 11.1 Å². The van der Waals surface area contributed by atoms with E-state index in [1.807, 2.05) is 42.5 Å². The molecule has 1 heterocycles. The normalized spacial score (nSPS) is 14.6. The summed E-state index contributed by atoms with van der Waals surface area (Å²) in [4.78, 5) is 26.9. The second-order valence-corrected chi connectivity index (χ2v) is 6.60. The van der Waals surface area contributed by atoms with Gasteiger partial charge in [0, 0.05) is 5.69 Å². The SMILES string of the molecule is CCOC(=O)N1CC[NH+](CC(=O)Nc2ccc(-c3ccccc3)cc2)CC1. The van der Waals surface area contributed by atoms with Crippen LogP contribution in [0.2, 0.25) is 0 Å². The van der Waals surface area contributed by atoms with Gasteiger partial charge in [-0.1, -0.05) is 42.5 Å². The summed E-state index contributed by atoms with van der Waals surface area (Å²) in [7, 11) is 0. The van der Waals surface area contributed by atoms with Crippen LogP contribution in [0.5, 0.6) is 0 Å². The largest absolute Gasteiger partial charge is 0.450 e. The van der Waals surface area contributed by atoms with Crippen molar-refractivity contribution in [1.29, 1.82) is 0 Å². The summed E-state index contributed by atoms with van der Waals surface area (Å²) < 4.78 is 5.02. The summed E-state index contributed by atoms with van der Waals surface area (Å²) in [6, 6.07) is 18.0. The topological polar surface area (TPSA) is 63.1 Å². The molecule has 0 bridgehead atoms. The Bertz CT molecular complexity index is 754. The van der Waals surface area contributed by atoms with Crippen molar-refractivity contribution in [3.05, 3.63) is 54.6 Å². The molecule has 1 saturated heterocycles. The van der Waals surface area contributed by atoms with Gasteiger partial charge < -0.3 is 15.0 Å². The number of nitrogens with zero attached hydrogens (tertiary/aromatic N) is 1. The lowest BCUT2D eigenvalue weighted by Crippen LogP contribution is -3.15. The first-order chi connectivity index (χ1) is 13.2. The number of carbonyl (C=O) groups excluding carboxylic acids is 2. The Morgan fingerprint density at radius 1 is 1.00 bits per heavy atom. The number of hydrogen-bond donors (Lipinski definition) is 2. The highest BCUT2D eigenvalue weighted by Gasteiger charge is 2.25. The van der Waals surface area contributed by atoms with Crippen LogP contribution in [0.25, 0.3) is 11.1 Å². The summed E-state index contributed by atoms with van der Waals surface area (Å²) in [6.45, 7) is 5.32. The van der Waals surface area contributed by atoms with E-state index in [1.54, 1.807) is 11.8 Å². The minimum Gasteiger partial charge on any atom is -0.450 e. The van der Waals surface area contributed by atoms with Crippen molar-refractivity contribution in [3.63, 3.8) is 0 Å². The number of rotatable bonds is 5. The standard InChI is InChI=1S/C21H25N3O3/c1-2-27-21(26)24-14-12-23(13-15-24)16-20(25)22-19-10-8-18(9-11-19)17-6-4-3-5-7-17/h3-11H,2,12-16H2,1H3,(H,22,25)/p+1. The molecule has 1 fully saturated rings. The number of anilines is 1. The minimum absolute atomic E-state index is 0.0120. The number of carbonyl (C=O) groups is 2. The van der Waals surface area contributed by atoms with Crippen LogP contribution in [0.1, 0.15) is 6.92 Å². The number of ether oxygens (including phenoxy) is 1. The van der Waals surface area contributed by atoms with Crippen molar-refractivity contribution in [2.45, 2.75) is 6.92 Å². The molecule has 0 spiro atoms. The van der Waals surface area contributed by atoms with E-state index in [4.69, 9.17) is 4.74 Å². The maximum absolute atomic E-state index is 12.3. The molecular formula is C21H26N3O3+. The maximum Gasteiger partial charge on any atom is 0.410 e. The third-order valence-electron chi connectivity index (χ3n) is 4.68. The Hall–Kier alpha value is -2.86. The van der Waals surface area contributed by atoms with E-state index < -0.39 is 0 Å². The lowest BCUT2D eigenvalue weighted by Gasteiger charge is -2.31. The highest BCUT2D eigenvalue weighted by Crippen LogP contribution is 2.20. The van der Waals surface area contributed by atoms with E-state index >= 15 is 0 Å². The monoisotopic (exact) mass is 368 g/mol. The van der Waals surface area contributed by atoms with Gasteiger partial charge in [0.15, 0.2) is 6.54 Å². The van der Waals surface area contributed by atoms with Gasteiger partial charge in [0.25, 0.3) is 5.91 Å². The van der Waals surface area contributed by atoms with Gasteiger partial charge >= 0.3 is 6.09 Å². The molecule has 142 valence electrons. The van der Waals surface area contributed by atoms with Gasteiger partial charge in [0.1, 0.15) is 0 Å². The highest BCUT2D eigenvalue weighted by atomic mass is 16.6. The second-order valence-electron chi connectivity index (χ2n) is 6.60. The fraction of sp³-hybridized carbons (Fsp3) is 0.333. The van der Waals surface area contributed by atoms with Gasteiger partial charge in [-0.25, -0.2) is 4.79 Å². The van der Waals surface area contributed by atoms with E-state index in [9.17, 15) is 9.59 Å². The molecule has 0 saturated carbocycles. The van der Waals surface area contributed by atoms with Crippen LogP contribution in [0.4, 0.5) is 10.5 Å². The predicted molar refractivity (Wildman–Crippen MR) is 105 cm³/mol. The molecule has 0 atom stereocenters. The van der Waals surface area contributed by atoms with Crippen LogP contribution in [0.3, 0.4) is 0 Å². The van der Waals surface area contributed by atoms with Crippen LogP contribution in [-0.4, -0.2) is 56.2 Å². The fourth-order valence-electron chi connectivity index (χ4n) is 3.21. The van der Waals surface area contributed by atoms with Gasteiger partial charge in [0.2, 0.25) is 0 Å². The number of nitrogens with one attached hydrogen (secondary N) is 2. The highest BCUT2D eigenvalue weighted by molar-refractivity contribution is 5.91. The number of benzene rings is 2. The van der Waals surface area contributed by atoms with Gasteiger partial charge in [0.05, 0.1) is 32.8 Å². The lowest BCUT2D eigenvalue weighted by atomic mass is 10.1. The van der Waals surface area contributed by atoms with Crippen LogP contribution in [-0.2, 0) is 9.53 Å². The zero-order valence-corrected chi connectivity index (χ0v) is 15.6. The first kappa shape index (κ1) is 18.9. The van der Waals surface area contributed by atoms with E-state index in [2.05, 4.69) is 17.4 Å². The molecule has 0 unspecified atom stereocenters. The van der Waals surface area contributed by atoms with Crippen LogP contribution in [0.15, 0.2) is 54.6 Å². The molecule has 2 aromatic rings. The summed E-state index contributed by atoms with van der Waals surface area (Å²) in [6.07, 6.45) is -0.264. The average Bonchev–Trinajstić information content (AvgIpc) is 2.70. The quantitative estimate of drug-likeness (QED) is 0.844. The van der Waals surface area contributed by atoms with Crippen molar-refractivity contribution in [2.75, 3.05) is 44.6 Å². The number of amides is 2. The summed E-state index contributed by atoms with van der Waals surface area (Å²) in [5.41, 5.74) is 3.07. The molecule has 0 radical (unpaired) electrons. The second kappa shape index (κ2) is 9.19. The fourth-order valence-corrected chi connectivity index (χ4v) is 3.21. The van der Waals surface area contributed by atoms with E-state index in [0.29, 0.717) is 26.2 Å². The molecule has 1 aliphatic heterocycles. The van der Waals surface area contributed by atoms with Crippen LogP contribution < -0.4 is 10.2 Å². The first-order valence-electron chi connectivity index (χ1n) is 9.36. The molecule has 6 heteroatoms. The molecule has 2 aromatic carbocycles. The predicted octanol–water partition coefficient (Wildman–Crippen LogP) is 1.65. The average molecular weight is 368 g/mol. The van der Waals surface area contributed by atoms with Crippen molar-refractivity contribution < 1.29 is 19.2 Å². The Balaban J connectivity index is 1.47. The number of quaternary nitrogens is 1. The molecule has 3 rings (SSSR count). The minimum atomic E-state index is -0.264. The first-order valence-corrected chi connectivity index (χ1v) is 9.36. The molecule has 27 heavy (non-hydrogen) atoms. The Morgan fingerprint density at radius 3 is 2.26 bits per heavy atom. The van der Waals surface area contributed by atoms with E-state index in [1.165, 1.54) is 4.90 Å². The number of hydrogen-bond acceptors (Lipinski definition) is 3. The van der Waals surface area contributed by atoms with Crippen LogP contribution >= 0.6 is 0 Å². The lowest BCUT2D eigenvalue weighted by molar-refractivity contribution is -0.895. The summed E-state index contributed by atoms with van der Waals surface area (Å²) in [5, 5.41) is 2.96. The van der Waals surface area contributed by atoms with E-state index in [-0.39, 0.29) is 12.0 Å². The Labute approximate surface area is 159 Å². The smallest absolute Gasteiger partial charge is 0.410 e. The van der Waals surface area contributed by atoms with Gasteiger partial charge in [-0.2, -0.15) is 0 Å². The summed E-state index contributed by atoms with van der Waals surface area (Å²) in [5.74, 6) is -0.0120. The maximum atomic E-state index is 12.3. The van der Waals surface area contributed by atoms with Crippen molar-refractivity contribution >= 4 is 17.7 Å². The third kappa shape index (κ3) is 5.31. The molecular weight excluding hydrogens is 342 g/mol. The third-order valence-corrected chi connectivity index (χ3v) is 4.68. The molecule has 0 aliphatic carbocycles. The molecule has 0 aromatic heterocycles. The van der Waals surface area contributed by atoms with Gasteiger partial charge in [-0.3, -0.25) is 9.69 Å². The zero-order valence-electron chi connectivity index (χ0n) is 15.6. The van der Waals surface area contributed by atoms with Gasteiger partial charge in [-0.05, 0) is 30.2 Å². The van der Waals surface area contributed by atoms with Crippen LogP contribution in [0, 0.1) is 0 Å². The molecule has 2 N–H and O–H groups in total. The molecule has 2 amide bonds. The summed E-state index contributed by atoms with van der Waals surface area (Å²) >= 11 is 0. The molecule has 6 nitrogen and oxygen atoms in total. The van der Waals surface area contributed by atoms with Crippen molar-refractivity contribution in [2.24, 2.45) is 0 Å². The number of piperazine rings is 1. The zero-order chi connectivity index (χ0) is 19.1. The molecule has 1 aliphatic rings.